The van der Waals surface area contributed by atoms with E-state index in [9.17, 15) is 4.79 Å². The van der Waals surface area contributed by atoms with Crippen LogP contribution in [0, 0.1) is 6.92 Å². The van der Waals surface area contributed by atoms with Gasteiger partial charge >= 0.3 is 12.0 Å². The van der Waals surface area contributed by atoms with Gasteiger partial charge in [0.15, 0.2) is 0 Å². The second-order valence-corrected chi connectivity index (χ2v) is 6.22. The van der Waals surface area contributed by atoms with E-state index < -0.39 is 0 Å². The van der Waals surface area contributed by atoms with Gasteiger partial charge in [0.05, 0.1) is 0 Å². The number of anilines is 1. The van der Waals surface area contributed by atoms with Crippen LogP contribution in [0.4, 0.5) is 10.5 Å². The summed E-state index contributed by atoms with van der Waals surface area (Å²) in [6.45, 7) is 6.05. The van der Waals surface area contributed by atoms with Crippen molar-refractivity contribution in [2.24, 2.45) is 0 Å². The van der Waals surface area contributed by atoms with Crippen LogP contribution in [0.25, 0.3) is 0 Å². The number of nitrogens with zero attached hydrogens (tertiary/aromatic N) is 3. The Morgan fingerprint density at radius 3 is 2.46 bits per heavy atom. The number of carbonyl (C=O) groups is 1. The molecule has 2 unspecified atom stereocenters. The van der Waals surface area contributed by atoms with Gasteiger partial charge in [-0.2, -0.15) is 0 Å². The predicted octanol–water partition coefficient (Wildman–Crippen LogP) is 3.98. The number of benzene rings is 1. The van der Waals surface area contributed by atoms with Crippen molar-refractivity contribution in [1.29, 1.82) is 0 Å². The fourth-order valence-electron chi connectivity index (χ4n) is 2.97. The Bertz CT molecular complexity index is 707. The van der Waals surface area contributed by atoms with Gasteiger partial charge in [0.1, 0.15) is 5.75 Å². The number of nitrogens with one attached hydrogen (secondary N) is 1. The molecule has 6 heteroatoms. The van der Waals surface area contributed by atoms with Crippen molar-refractivity contribution in [3.05, 3.63) is 42.2 Å². The third-order valence-corrected chi connectivity index (χ3v) is 4.27. The van der Waals surface area contributed by atoms with Crippen LogP contribution in [0.1, 0.15) is 32.4 Å². The maximum atomic E-state index is 12.4. The summed E-state index contributed by atoms with van der Waals surface area (Å²) in [6, 6.07) is 9.84. The Morgan fingerprint density at radius 2 is 1.83 bits per heavy atom. The zero-order valence-electron chi connectivity index (χ0n) is 14.2. The molecule has 0 saturated carbocycles. The number of hydrogen-bond acceptors (Lipinski definition) is 4. The number of hydrogen-bond donors (Lipinski definition) is 1. The Hall–Kier alpha value is -2.63. The molecular weight excluding hydrogens is 304 g/mol. The number of aryl methyl sites for hydroxylation is 1. The molecule has 126 valence electrons. The zero-order valence-corrected chi connectivity index (χ0v) is 14.2. The largest absolute Gasteiger partial charge is 0.424 e. The molecule has 2 heterocycles. The molecule has 0 radical (unpaired) electrons. The predicted molar refractivity (Wildman–Crippen MR) is 92.3 cm³/mol. The van der Waals surface area contributed by atoms with E-state index in [1.54, 1.807) is 18.3 Å². The topological polar surface area (TPSA) is 67.3 Å². The van der Waals surface area contributed by atoms with Gasteiger partial charge in [-0.15, -0.1) is 0 Å². The van der Waals surface area contributed by atoms with Crippen molar-refractivity contribution >= 4 is 11.7 Å². The first-order chi connectivity index (χ1) is 11.5. The minimum Gasteiger partial charge on any atom is -0.424 e. The molecule has 3 rings (SSSR count). The second-order valence-electron chi connectivity index (χ2n) is 6.22. The summed E-state index contributed by atoms with van der Waals surface area (Å²) in [5, 5.41) is 2.95. The Balaban J connectivity index is 1.63. The molecule has 0 bridgehead atoms. The van der Waals surface area contributed by atoms with Gasteiger partial charge in [-0.3, -0.25) is 0 Å². The molecule has 1 N–H and O–H groups in total. The highest BCUT2D eigenvalue weighted by Crippen LogP contribution is 2.25. The molecule has 2 amide bonds. The van der Waals surface area contributed by atoms with Crippen LogP contribution >= 0.6 is 0 Å². The summed E-state index contributed by atoms with van der Waals surface area (Å²) in [5.74, 6) is 0.626. The maximum absolute atomic E-state index is 12.4. The first kappa shape index (κ1) is 16.2. The smallest absolute Gasteiger partial charge is 0.322 e. The fourth-order valence-corrected chi connectivity index (χ4v) is 2.97. The molecule has 1 aromatic carbocycles. The number of ether oxygens (including phenoxy) is 1. The van der Waals surface area contributed by atoms with Gasteiger partial charge < -0.3 is 15.0 Å². The van der Waals surface area contributed by atoms with Crippen LogP contribution in [0.3, 0.4) is 0 Å². The molecule has 24 heavy (non-hydrogen) atoms. The van der Waals surface area contributed by atoms with E-state index in [2.05, 4.69) is 29.1 Å². The highest BCUT2D eigenvalue weighted by Gasteiger charge is 2.31. The van der Waals surface area contributed by atoms with Crippen molar-refractivity contribution in [2.75, 3.05) is 5.32 Å². The van der Waals surface area contributed by atoms with Gasteiger partial charge in [-0.05, 0) is 63.9 Å². The molecule has 0 spiro atoms. The van der Waals surface area contributed by atoms with Crippen molar-refractivity contribution in [2.45, 2.75) is 45.7 Å². The normalized spacial score (nSPS) is 20.0. The molecule has 1 fully saturated rings. The molecule has 1 saturated heterocycles. The molecule has 1 aliphatic heterocycles. The number of likely N-dealkylation sites (tertiary alicyclic amines) is 1. The van der Waals surface area contributed by atoms with E-state index in [-0.39, 0.29) is 18.1 Å². The molecule has 6 nitrogen and oxygen atoms in total. The van der Waals surface area contributed by atoms with Crippen molar-refractivity contribution in [3.63, 3.8) is 0 Å². The lowest BCUT2D eigenvalue weighted by Gasteiger charge is -2.26. The lowest BCUT2D eigenvalue weighted by Crippen LogP contribution is -2.41. The van der Waals surface area contributed by atoms with Gasteiger partial charge in [0, 0.05) is 29.7 Å². The van der Waals surface area contributed by atoms with Gasteiger partial charge in [0.2, 0.25) is 0 Å². The summed E-state index contributed by atoms with van der Waals surface area (Å²) >= 11 is 0. The van der Waals surface area contributed by atoms with Crippen LogP contribution in [0.5, 0.6) is 11.8 Å². The third kappa shape index (κ3) is 3.64. The zero-order chi connectivity index (χ0) is 17.1. The summed E-state index contributed by atoms with van der Waals surface area (Å²) in [7, 11) is 0. The minimum absolute atomic E-state index is 0.0526. The number of rotatable bonds is 3. The van der Waals surface area contributed by atoms with Crippen molar-refractivity contribution < 1.29 is 9.53 Å². The molecule has 2 aromatic rings. The Labute approximate surface area is 141 Å². The van der Waals surface area contributed by atoms with Gasteiger partial charge in [0.25, 0.3) is 0 Å². The monoisotopic (exact) mass is 326 g/mol. The SMILES string of the molecule is Cc1ccnc(Oc2ccc(NC(=O)N3C(C)CCC3C)cc2)n1. The molecule has 2 atom stereocenters. The number of urea groups is 1. The van der Waals surface area contributed by atoms with Crippen molar-refractivity contribution in [1.82, 2.24) is 14.9 Å². The number of aromatic nitrogens is 2. The molecule has 0 aliphatic carbocycles. The first-order valence-electron chi connectivity index (χ1n) is 8.20. The van der Waals surface area contributed by atoms with Crippen LogP contribution in [0.2, 0.25) is 0 Å². The summed E-state index contributed by atoms with van der Waals surface area (Å²) in [5.41, 5.74) is 1.58. The summed E-state index contributed by atoms with van der Waals surface area (Å²) < 4.78 is 5.61. The minimum atomic E-state index is -0.0526. The van der Waals surface area contributed by atoms with Crippen LogP contribution < -0.4 is 10.1 Å². The lowest BCUT2D eigenvalue weighted by atomic mass is 10.2. The van der Waals surface area contributed by atoms with E-state index in [1.165, 1.54) is 0 Å². The van der Waals surface area contributed by atoms with E-state index >= 15 is 0 Å². The van der Waals surface area contributed by atoms with Crippen LogP contribution in [-0.4, -0.2) is 33.0 Å². The highest BCUT2D eigenvalue weighted by molar-refractivity contribution is 5.90. The average Bonchev–Trinajstić information content (AvgIpc) is 2.88. The van der Waals surface area contributed by atoms with Gasteiger partial charge in [-0.1, -0.05) is 0 Å². The summed E-state index contributed by atoms with van der Waals surface area (Å²) in [4.78, 5) is 22.6. The van der Waals surface area contributed by atoms with Gasteiger partial charge in [-0.25, -0.2) is 14.8 Å². The van der Waals surface area contributed by atoms with Crippen molar-refractivity contribution in [3.8, 4) is 11.8 Å². The molecule has 1 aromatic heterocycles. The highest BCUT2D eigenvalue weighted by atomic mass is 16.5. The van der Waals surface area contributed by atoms with Crippen LogP contribution in [-0.2, 0) is 0 Å². The lowest BCUT2D eigenvalue weighted by molar-refractivity contribution is 0.194. The summed E-state index contributed by atoms with van der Waals surface area (Å²) in [6.07, 6.45) is 3.76. The van der Waals surface area contributed by atoms with E-state index in [4.69, 9.17) is 4.74 Å². The molecular formula is C18H22N4O2. The van der Waals surface area contributed by atoms with Crippen LogP contribution in [0.15, 0.2) is 36.5 Å². The standard InChI is InChI=1S/C18H22N4O2/c1-12-10-11-19-17(20-12)24-16-8-6-15(7-9-16)21-18(23)22-13(2)4-5-14(22)3/h6-11,13-14H,4-5H2,1-3H3,(H,21,23). The van der Waals surface area contributed by atoms with E-state index in [0.717, 1.165) is 24.2 Å². The maximum Gasteiger partial charge on any atom is 0.322 e. The third-order valence-electron chi connectivity index (χ3n) is 4.27. The average molecular weight is 326 g/mol. The fraction of sp³-hybridized carbons (Fsp3) is 0.389. The van der Waals surface area contributed by atoms with E-state index in [0.29, 0.717) is 11.8 Å². The molecule has 1 aliphatic rings. The second kappa shape index (κ2) is 6.86. The Morgan fingerprint density at radius 1 is 1.17 bits per heavy atom. The number of carbonyl (C=O) groups excluding carboxylic acids is 1. The first-order valence-corrected chi connectivity index (χ1v) is 8.20. The number of amides is 2. The Kier molecular flexibility index (Phi) is 4.64. The quantitative estimate of drug-likeness (QED) is 0.926. The van der Waals surface area contributed by atoms with E-state index in [1.807, 2.05) is 30.0 Å².